The molecule has 3 amide bonds. The van der Waals surface area contributed by atoms with Gasteiger partial charge in [0.1, 0.15) is 0 Å². The van der Waals surface area contributed by atoms with Gasteiger partial charge in [0.25, 0.3) is 0 Å². The molecule has 1 aliphatic rings. The Morgan fingerprint density at radius 1 is 1.12 bits per heavy atom. The van der Waals surface area contributed by atoms with E-state index in [0.29, 0.717) is 13.0 Å². The van der Waals surface area contributed by atoms with Gasteiger partial charge in [0, 0.05) is 24.7 Å². The minimum atomic E-state index is -0.210. The number of anilines is 1. The zero-order valence-corrected chi connectivity index (χ0v) is 15.0. The first-order valence-corrected chi connectivity index (χ1v) is 9.08. The number of hydrogen-bond acceptors (Lipinski definition) is 2. The maximum Gasteiger partial charge on any atom is 0.315 e. The van der Waals surface area contributed by atoms with Gasteiger partial charge in [0.2, 0.25) is 5.91 Å². The summed E-state index contributed by atoms with van der Waals surface area (Å²) in [6, 6.07) is 19.5. The van der Waals surface area contributed by atoms with Crippen LogP contribution < -0.4 is 15.5 Å². The first kappa shape index (κ1) is 18.0. The molecule has 2 atom stereocenters. The zero-order valence-electron chi connectivity index (χ0n) is 15.0. The van der Waals surface area contributed by atoms with E-state index >= 15 is 0 Å². The van der Waals surface area contributed by atoms with Crippen molar-refractivity contribution in [2.45, 2.75) is 38.3 Å². The quantitative estimate of drug-likeness (QED) is 0.840. The summed E-state index contributed by atoms with van der Waals surface area (Å²) in [5.74, 6) is 0.0404. The smallest absolute Gasteiger partial charge is 0.315 e. The minimum absolute atomic E-state index is 0.0404. The van der Waals surface area contributed by atoms with E-state index in [0.717, 1.165) is 18.5 Å². The van der Waals surface area contributed by atoms with Crippen molar-refractivity contribution in [2.75, 3.05) is 11.4 Å². The molecule has 5 heteroatoms. The average molecular weight is 351 g/mol. The summed E-state index contributed by atoms with van der Waals surface area (Å²) in [6.07, 6.45) is 2.13. The molecule has 0 bridgehead atoms. The topological polar surface area (TPSA) is 61.4 Å². The SMILES string of the molecule is C[C@H](CCc1ccccc1)NC(=O)N[C@@H]1CC(=O)N(c2ccccc2)C1. The molecule has 0 radical (unpaired) electrons. The van der Waals surface area contributed by atoms with Crippen LogP contribution in [0.15, 0.2) is 60.7 Å². The number of nitrogens with one attached hydrogen (secondary N) is 2. The van der Waals surface area contributed by atoms with Gasteiger partial charge in [0.05, 0.1) is 6.04 Å². The van der Waals surface area contributed by atoms with Gasteiger partial charge in [-0.3, -0.25) is 4.79 Å². The molecule has 26 heavy (non-hydrogen) atoms. The maximum absolute atomic E-state index is 12.2. The number of nitrogens with zero attached hydrogens (tertiary/aromatic N) is 1. The van der Waals surface area contributed by atoms with Crippen molar-refractivity contribution in [2.24, 2.45) is 0 Å². The fourth-order valence-corrected chi connectivity index (χ4v) is 3.21. The van der Waals surface area contributed by atoms with E-state index < -0.39 is 0 Å². The Morgan fingerprint density at radius 2 is 1.77 bits per heavy atom. The molecule has 2 aromatic rings. The summed E-state index contributed by atoms with van der Waals surface area (Å²) in [7, 11) is 0. The van der Waals surface area contributed by atoms with E-state index in [-0.39, 0.29) is 24.0 Å². The monoisotopic (exact) mass is 351 g/mol. The van der Waals surface area contributed by atoms with Crippen LogP contribution in [0.1, 0.15) is 25.3 Å². The van der Waals surface area contributed by atoms with Crippen molar-refractivity contribution < 1.29 is 9.59 Å². The van der Waals surface area contributed by atoms with Crippen LogP contribution in [0.25, 0.3) is 0 Å². The van der Waals surface area contributed by atoms with Gasteiger partial charge in [-0.15, -0.1) is 0 Å². The van der Waals surface area contributed by atoms with Crippen LogP contribution in [0.3, 0.4) is 0 Å². The Kier molecular flexibility index (Phi) is 5.89. The van der Waals surface area contributed by atoms with Crippen LogP contribution in [0.5, 0.6) is 0 Å². The third-order valence-electron chi connectivity index (χ3n) is 4.61. The van der Waals surface area contributed by atoms with Gasteiger partial charge >= 0.3 is 6.03 Å². The molecule has 0 aliphatic carbocycles. The van der Waals surface area contributed by atoms with Gasteiger partial charge in [-0.2, -0.15) is 0 Å². The number of aryl methyl sites for hydroxylation is 1. The summed E-state index contributed by atoms with van der Waals surface area (Å²) < 4.78 is 0. The minimum Gasteiger partial charge on any atom is -0.336 e. The van der Waals surface area contributed by atoms with Crippen LogP contribution in [-0.4, -0.2) is 30.6 Å². The maximum atomic E-state index is 12.2. The molecule has 0 spiro atoms. The molecular formula is C21H25N3O2. The molecule has 2 N–H and O–H groups in total. The molecule has 0 saturated carbocycles. The summed E-state index contributed by atoms with van der Waals surface area (Å²) in [6.45, 7) is 2.51. The first-order chi connectivity index (χ1) is 12.6. The Morgan fingerprint density at radius 3 is 2.46 bits per heavy atom. The lowest BCUT2D eigenvalue weighted by Crippen LogP contribution is -2.46. The van der Waals surface area contributed by atoms with Crippen molar-refractivity contribution in [3.8, 4) is 0 Å². The Hall–Kier alpha value is -2.82. The van der Waals surface area contributed by atoms with Crippen LogP contribution in [0.2, 0.25) is 0 Å². The molecular weight excluding hydrogens is 326 g/mol. The molecule has 3 rings (SSSR count). The number of para-hydroxylation sites is 1. The summed E-state index contributed by atoms with van der Waals surface area (Å²) in [5, 5.41) is 5.89. The zero-order chi connectivity index (χ0) is 18.4. The molecule has 1 saturated heterocycles. The highest BCUT2D eigenvalue weighted by molar-refractivity contribution is 5.96. The number of hydrogen-bond donors (Lipinski definition) is 2. The largest absolute Gasteiger partial charge is 0.336 e. The fraction of sp³-hybridized carbons (Fsp3) is 0.333. The van der Waals surface area contributed by atoms with Gasteiger partial charge in [-0.1, -0.05) is 48.5 Å². The summed E-state index contributed by atoms with van der Waals surface area (Å²) in [4.78, 5) is 26.1. The first-order valence-electron chi connectivity index (χ1n) is 9.08. The normalized spacial score (nSPS) is 17.8. The molecule has 2 aromatic carbocycles. The third-order valence-corrected chi connectivity index (χ3v) is 4.61. The molecule has 0 aromatic heterocycles. The Labute approximate surface area is 154 Å². The van der Waals surface area contributed by atoms with Gasteiger partial charge in [-0.05, 0) is 37.5 Å². The lowest BCUT2D eigenvalue weighted by Gasteiger charge is -2.19. The number of amides is 3. The van der Waals surface area contributed by atoms with Gasteiger partial charge < -0.3 is 15.5 Å². The number of carbonyl (C=O) groups excluding carboxylic acids is 2. The van der Waals surface area contributed by atoms with Crippen molar-refractivity contribution in [3.05, 3.63) is 66.2 Å². The lowest BCUT2D eigenvalue weighted by atomic mass is 10.1. The number of rotatable bonds is 6. The Bertz CT molecular complexity index is 733. The van der Waals surface area contributed by atoms with E-state index in [9.17, 15) is 9.59 Å². The molecule has 1 fully saturated rings. The number of urea groups is 1. The van der Waals surface area contributed by atoms with Crippen LogP contribution in [0.4, 0.5) is 10.5 Å². The van der Waals surface area contributed by atoms with Crippen molar-refractivity contribution in [3.63, 3.8) is 0 Å². The average Bonchev–Trinajstić information content (AvgIpc) is 3.01. The van der Waals surface area contributed by atoms with Crippen LogP contribution in [0, 0.1) is 0 Å². The van der Waals surface area contributed by atoms with Gasteiger partial charge in [0.15, 0.2) is 0 Å². The third kappa shape index (κ3) is 4.85. The summed E-state index contributed by atoms with van der Waals surface area (Å²) in [5.41, 5.74) is 2.14. The molecule has 1 heterocycles. The van der Waals surface area contributed by atoms with Crippen molar-refractivity contribution in [1.82, 2.24) is 10.6 Å². The second kappa shape index (κ2) is 8.52. The van der Waals surface area contributed by atoms with E-state index in [1.807, 2.05) is 55.5 Å². The predicted octanol–water partition coefficient (Wildman–Crippen LogP) is 3.11. The van der Waals surface area contributed by atoms with E-state index in [4.69, 9.17) is 0 Å². The number of benzene rings is 2. The van der Waals surface area contributed by atoms with Crippen LogP contribution >= 0.6 is 0 Å². The highest BCUT2D eigenvalue weighted by Crippen LogP contribution is 2.20. The highest BCUT2D eigenvalue weighted by atomic mass is 16.2. The van der Waals surface area contributed by atoms with Crippen LogP contribution in [-0.2, 0) is 11.2 Å². The van der Waals surface area contributed by atoms with Gasteiger partial charge in [-0.25, -0.2) is 4.79 Å². The lowest BCUT2D eigenvalue weighted by molar-refractivity contribution is -0.117. The molecule has 1 aliphatic heterocycles. The second-order valence-corrected chi connectivity index (χ2v) is 6.78. The second-order valence-electron chi connectivity index (χ2n) is 6.78. The predicted molar refractivity (Wildman–Crippen MR) is 103 cm³/mol. The number of carbonyl (C=O) groups is 2. The van der Waals surface area contributed by atoms with E-state index in [1.54, 1.807) is 4.90 Å². The van der Waals surface area contributed by atoms with Crippen molar-refractivity contribution >= 4 is 17.6 Å². The van der Waals surface area contributed by atoms with E-state index in [2.05, 4.69) is 22.8 Å². The summed E-state index contributed by atoms with van der Waals surface area (Å²) >= 11 is 0. The molecule has 5 nitrogen and oxygen atoms in total. The highest BCUT2D eigenvalue weighted by Gasteiger charge is 2.31. The fourth-order valence-electron chi connectivity index (χ4n) is 3.21. The Balaban J connectivity index is 1.44. The standard InChI is InChI=1S/C21H25N3O2/c1-16(12-13-17-8-4-2-5-9-17)22-21(26)23-18-14-20(25)24(15-18)19-10-6-3-7-11-19/h2-11,16,18H,12-15H2,1H3,(H2,22,23,26)/t16-,18-/m1/s1. The molecule has 0 unspecified atom stereocenters. The molecule has 136 valence electrons. The van der Waals surface area contributed by atoms with E-state index in [1.165, 1.54) is 5.56 Å². The van der Waals surface area contributed by atoms with Crippen molar-refractivity contribution in [1.29, 1.82) is 0 Å².